The van der Waals surface area contributed by atoms with Gasteiger partial charge in [0.1, 0.15) is 5.67 Å². The van der Waals surface area contributed by atoms with Crippen LogP contribution in [-0.4, -0.2) is 17.9 Å². The minimum Gasteiger partial charge on any atom is -0.372 e. The zero-order valence-electron chi connectivity index (χ0n) is 7.73. The molecule has 0 aromatic heterocycles. The number of halogens is 1. The molecule has 0 aliphatic carbocycles. The second-order valence-corrected chi connectivity index (χ2v) is 3.66. The number of alkyl halides is 1. The van der Waals surface area contributed by atoms with Crippen LogP contribution in [0.25, 0.3) is 0 Å². The second kappa shape index (κ2) is 2.74. The number of rotatable bonds is 1. The van der Waals surface area contributed by atoms with E-state index in [0.29, 0.717) is 0 Å². The topological polar surface area (TPSA) is 9.23 Å². The summed E-state index contributed by atoms with van der Waals surface area (Å²) in [6.07, 6.45) is 0.771. The standard InChI is InChI=1S/C9H17FO/c1-5-8-6(2)9(4,10)7(3)11-8/h6-8H,5H2,1-4H3/t6?,7-,8+,9+/m0/s1. The molecule has 4 atom stereocenters. The smallest absolute Gasteiger partial charge is 0.139 e. The van der Waals surface area contributed by atoms with Gasteiger partial charge < -0.3 is 4.74 Å². The Morgan fingerprint density at radius 1 is 1.45 bits per heavy atom. The lowest BCUT2D eigenvalue weighted by atomic mass is 9.87. The van der Waals surface area contributed by atoms with Gasteiger partial charge in [0.05, 0.1) is 12.2 Å². The van der Waals surface area contributed by atoms with Crippen LogP contribution in [0.5, 0.6) is 0 Å². The maximum absolute atomic E-state index is 13.7. The van der Waals surface area contributed by atoms with E-state index >= 15 is 0 Å². The van der Waals surface area contributed by atoms with Gasteiger partial charge in [0.15, 0.2) is 0 Å². The molecular formula is C9H17FO. The molecule has 1 aliphatic rings. The molecule has 1 nitrogen and oxygen atoms in total. The normalized spacial score (nSPS) is 51.5. The van der Waals surface area contributed by atoms with Crippen LogP contribution < -0.4 is 0 Å². The molecule has 1 heterocycles. The quantitative estimate of drug-likeness (QED) is 0.572. The fourth-order valence-electron chi connectivity index (χ4n) is 1.70. The lowest BCUT2D eigenvalue weighted by molar-refractivity contribution is 0.0147. The van der Waals surface area contributed by atoms with Gasteiger partial charge in [-0.15, -0.1) is 0 Å². The minimum absolute atomic E-state index is 0.0301. The van der Waals surface area contributed by atoms with E-state index in [0.717, 1.165) is 6.42 Å². The summed E-state index contributed by atoms with van der Waals surface area (Å²) in [6.45, 7) is 7.41. The lowest BCUT2D eigenvalue weighted by Gasteiger charge is -2.21. The van der Waals surface area contributed by atoms with Crippen LogP contribution in [0.3, 0.4) is 0 Å². The molecule has 2 heteroatoms. The molecule has 0 aromatic carbocycles. The van der Waals surface area contributed by atoms with E-state index < -0.39 is 5.67 Å². The molecule has 1 fully saturated rings. The van der Waals surface area contributed by atoms with E-state index in [1.54, 1.807) is 6.92 Å². The molecule has 0 radical (unpaired) electrons. The summed E-state index contributed by atoms with van der Waals surface area (Å²) in [5, 5.41) is 0. The van der Waals surface area contributed by atoms with E-state index in [4.69, 9.17) is 4.74 Å². The van der Waals surface area contributed by atoms with E-state index in [9.17, 15) is 4.39 Å². The third-order valence-corrected chi connectivity index (χ3v) is 3.02. The average Bonchev–Trinajstić information content (AvgIpc) is 2.14. The fraction of sp³-hybridized carbons (Fsp3) is 1.00. The highest BCUT2D eigenvalue weighted by Gasteiger charge is 2.48. The van der Waals surface area contributed by atoms with Gasteiger partial charge in [0.2, 0.25) is 0 Å². The van der Waals surface area contributed by atoms with Crippen LogP contribution in [0, 0.1) is 5.92 Å². The average molecular weight is 160 g/mol. The van der Waals surface area contributed by atoms with Crippen LogP contribution in [-0.2, 0) is 4.74 Å². The number of ether oxygens (including phenoxy) is 1. The van der Waals surface area contributed by atoms with E-state index in [1.807, 2.05) is 20.8 Å². The minimum atomic E-state index is -1.14. The van der Waals surface area contributed by atoms with Gasteiger partial charge in [0.25, 0.3) is 0 Å². The Labute approximate surface area is 67.9 Å². The van der Waals surface area contributed by atoms with Crippen molar-refractivity contribution in [3.05, 3.63) is 0 Å². The highest BCUT2D eigenvalue weighted by atomic mass is 19.1. The maximum Gasteiger partial charge on any atom is 0.139 e. The first kappa shape index (κ1) is 8.98. The molecule has 0 N–H and O–H groups in total. The Balaban J connectivity index is 2.71. The van der Waals surface area contributed by atoms with Gasteiger partial charge in [-0.2, -0.15) is 0 Å². The Morgan fingerprint density at radius 3 is 2.18 bits per heavy atom. The predicted molar refractivity (Wildman–Crippen MR) is 43.3 cm³/mol. The van der Waals surface area contributed by atoms with Crippen LogP contribution >= 0.6 is 0 Å². The summed E-state index contributed by atoms with van der Waals surface area (Å²) >= 11 is 0. The van der Waals surface area contributed by atoms with Gasteiger partial charge in [-0.25, -0.2) is 4.39 Å². The van der Waals surface area contributed by atoms with Crippen LogP contribution in [0.1, 0.15) is 34.1 Å². The fourth-order valence-corrected chi connectivity index (χ4v) is 1.70. The zero-order chi connectivity index (χ0) is 8.65. The Bertz CT molecular complexity index is 144. The van der Waals surface area contributed by atoms with Crippen LogP contribution in [0.2, 0.25) is 0 Å². The lowest BCUT2D eigenvalue weighted by Crippen LogP contribution is -2.33. The highest BCUT2D eigenvalue weighted by molar-refractivity contribution is 4.96. The Kier molecular flexibility index (Phi) is 2.24. The van der Waals surface area contributed by atoms with Gasteiger partial charge in [0, 0.05) is 5.92 Å². The summed E-state index contributed by atoms with van der Waals surface area (Å²) < 4.78 is 19.2. The van der Waals surface area contributed by atoms with Gasteiger partial charge >= 0.3 is 0 Å². The summed E-state index contributed by atoms with van der Waals surface area (Å²) in [6, 6.07) is 0. The van der Waals surface area contributed by atoms with E-state index in [-0.39, 0.29) is 18.1 Å². The zero-order valence-corrected chi connectivity index (χ0v) is 7.73. The molecular weight excluding hydrogens is 143 g/mol. The Morgan fingerprint density at radius 2 is 2.00 bits per heavy atom. The molecule has 1 rings (SSSR count). The molecule has 1 unspecified atom stereocenters. The molecule has 11 heavy (non-hydrogen) atoms. The first-order valence-corrected chi connectivity index (χ1v) is 4.34. The summed E-state index contributed by atoms with van der Waals surface area (Å²) in [4.78, 5) is 0. The molecule has 0 amide bonds. The first-order chi connectivity index (χ1) is 5.00. The van der Waals surface area contributed by atoms with Gasteiger partial charge in [-0.1, -0.05) is 13.8 Å². The van der Waals surface area contributed by atoms with Crippen LogP contribution in [0.15, 0.2) is 0 Å². The van der Waals surface area contributed by atoms with Crippen molar-refractivity contribution in [3.63, 3.8) is 0 Å². The SMILES string of the molecule is CC[C@H]1O[C@@H](C)[C@](C)(F)C1C. The van der Waals surface area contributed by atoms with Crippen molar-refractivity contribution < 1.29 is 9.13 Å². The van der Waals surface area contributed by atoms with Crippen molar-refractivity contribution in [3.8, 4) is 0 Å². The molecule has 1 aliphatic heterocycles. The number of hydrogen-bond acceptors (Lipinski definition) is 1. The van der Waals surface area contributed by atoms with Crippen molar-refractivity contribution in [1.82, 2.24) is 0 Å². The third kappa shape index (κ3) is 1.28. The van der Waals surface area contributed by atoms with Crippen LogP contribution in [0.4, 0.5) is 4.39 Å². The maximum atomic E-state index is 13.7. The summed E-state index contributed by atoms with van der Waals surface area (Å²) in [5.41, 5.74) is -1.14. The van der Waals surface area contributed by atoms with Crippen molar-refractivity contribution in [2.75, 3.05) is 0 Å². The van der Waals surface area contributed by atoms with Crippen molar-refractivity contribution in [1.29, 1.82) is 0 Å². The molecule has 0 bridgehead atoms. The molecule has 0 saturated carbocycles. The number of hydrogen-bond donors (Lipinski definition) is 0. The van der Waals surface area contributed by atoms with Gasteiger partial charge in [-0.05, 0) is 20.3 Å². The first-order valence-electron chi connectivity index (χ1n) is 4.34. The second-order valence-electron chi connectivity index (χ2n) is 3.66. The Hall–Kier alpha value is -0.110. The molecule has 0 aromatic rings. The van der Waals surface area contributed by atoms with E-state index in [2.05, 4.69) is 0 Å². The molecule has 66 valence electrons. The predicted octanol–water partition coefficient (Wildman–Crippen LogP) is 2.55. The molecule has 0 spiro atoms. The van der Waals surface area contributed by atoms with Gasteiger partial charge in [-0.3, -0.25) is 0 Å². The summed E-state index contributed by atoms with van der Waals surface area (Å²) in [7, 11) is 0. The van der Waals surface area contributed by atoms with Crippen molar-refractivity contribution >= 4 is 0 Å². The van der Waals surface area contributed by atoms with Crippen molar-refractivity contribution in [2.45, 2.75) is 52.0 Å². The monoisotopic (exact) mass is 160 g/mol. The summed E-state index contributed by atoms with van der Waals surface area (Å²) in [5.74, 6) is 0.0301. The third-order valence-electron chi connectivity index (χ3n) is 3.02. The van der Waals surface area contributed by atoms with E-state index in [1.165, 1.54) is 0 Å². The highest BCUT2D eigenvalue weighted by Crippen LogP contribution is 2.39. The van der Waals surface area contributed by atoms with Crippen molar-refractivity contribution in [2.24, 2.45) is 5.92 Å². The molecule has 1 saturated heterocycles. The largest absolute Gasteiger partial charge is 0.372 e.